The highest BCUT2D eigenvalue weighted by Gasteiger charge is 2.33. The van der Waals surface area contributed by atoms with Gasteiger partial charge in [-0.05, 0) is 30.4 Å². The fourth-order valence-corrected chi connectivity index (χ4v) is 3.10. The third kappa shape index (κ3) is 4.08. The van der Waals surface area contributed by atoms with Gasteiger partial charge in [-0.1, -0.05) is 35.5 Å². The molecule has 1 aromatic heterocycles. The zero-order valence-corrected chi connectivity index (χ0v) is 16.8. The summed E-state index contributed by atoms with van der Waals surface area (Å²) in [7, 11) is 1.69. The molecule has 3 aromatic rings. The van der Waals surface area contributed by atoms with E-state index in [2.05, 4.69) is 20.8 Å². The van der Waals surface area contributed by atoms with Crippen LogP contribution < -0.4 is 15.5 Å². The molecule has 1 aliphatic heterocycles. The number of hydrogen-bond donors (Lipinski definition) is 2. The number of carbonyl (C=O) groups excluding carboxylic acids is 1. The molecule has 2 heterocycles. The van der Waals surface area contributed by atoms with Crippen molar-refractivity contribution >= 4 is 29.1 Å². The van der Waals surface area contributed by atoms with E-state index in [0.717, 1.165) is 5.56 Å². The Kier molecular flexibility index (Phi) is 5.57. The Labute approximate surface area is 177 Å². The number of amides is 1. The fraction of sp³-hybridized carbons (Fsp3) is 0.200. The van der Waals surface area contributed by atoms with Crippen LogP contribution in [0.3, 0.4) is 0 Å². The van der Waals surface area contributed by atoms with Crippen LogP contribution in [0.1, 0.15) is 0 Å². The zero-order chi connectivity index (χ0) is 21.1. The Bertz CT molecular complexity index is 1080. The van der Waals surface area contributed by atoms with Gasteiger partial charge in [0.05, 0.1) is 24.3 Å². The van der Waals surface area contributed by atoms with Gasteiger partial charge < -0.3 is 19.9 Å². The number of hydrogen-bond acceptors (Lipinski definition) is 6. The van der Waals surface area contributed by atoms with E-state index in [-0.39, 0.29) is 18.0 Å². The number of thiocarbonyl (C=S) groups is 1. The van der Waals surface area contributed by atoms with Crippen LogP contribution in [0, 0.1) is 5.82 Å². The second-order valence-corrected chi connectivity index (χ2v) is 6.94. The molecule has 10 heteroatoms. The van der Waals surface area contributed by atoms with Crippen molar-refractivity contribution < 1.29 is 18.4 Å². The van der Waals surface area contributed by atoms with Gasteiger partial charge in [0.25, 0.3) is 5.89 Å². The van der Waals surface area contributed by atoms with Crippen molar-refractivity contribution in [3.8, 4) is 22.8 Å². The van der Waals surface area contributed by atoms with Crippen molar-refractivity contribution in [3.05, 3.63) is 54.3 Å². The van der Waals surface area contributed by atoms with Gasteiger partial charge >= 0.3 is 6.09 Å². The van der Waals surface area contributed by atoms with Crippen LogP contribution in [0.5, 0.6) is 0 Å². The number of nitrogens with one attached hydrogen (secondary N) is 2. The van der Waals surface area contributed by atoms with E-state index >= 15 is 0 Å². The predicted molar refractivity (Wildman–Crippen MR) is 112 cm³/mol. The van der Waals surface area contributed by atoms with Crippen LogP contribution in [0.4, 0.5) is 14.9 Å². The van der Waals surface area contributed by atoms with Crippen molar-refractivity contribution in [1.82, 2.24) is 20.8 Å². The van der Waals surface area contributed by atoms with Gasteiger partial charge in [-0.2, -0.15) is 4.98 Å². The molecule has 2 aromatic carbocycles. The first-order chi connectivity index (χ1) is 14.5. The normalized spacial score (nSPS) is 15.7. The van der Waals surface area contributed by atoms with E-state index in [1.54, 1.807) is 13.1 Å². The molecule has 4 rings (SSSR count). The molecule has 8 nitrogen and oxygen atoms in total. The van der Waals surface area contributed by atoms with Gasteiger partial charge in [-0.15, -0.1) is 0 Å². The zero-order valence-electron chi connectivity index (χ0n) is 16.0. The van der Waals surface area contributed by atoms with Crippen LogP contribution in [-0.2, 0) is 4.74 Å². The standard InChI is InChI=1S/C20H18FN5O3S/c1-22-19(30)23-10-14-11-26(20(27)28-14)13-7-8-15(16(21)9-13)18-24-17(25-29-18)12-5-3-2-4-6-12/h2-9,14H,10-11H2,1H3,(H2,22,23,30). The van der Waals surface area contributed by atoms with Crippen LogP contribution >= 0.6 is 12.2 Å². The second kappa shape index (κ2) is 8.46. The van der Waals surface area contributed by atoms with Crippen molar-refractivity contribution in [1.29, 1.82) is 0 Å². The Morgan fingerprint density at radius 3 is 2.83 bits per heavy atom. The molecule has 1 aliphatic rings. The summed E-state index contributed by atoms with van der Waals surface area (Å²) in [6.07, 6.45) is -0.954. The summed E-state index contributed by atoms with van der Waals surface area (Å²) in [4.78, 5) is 17.8. The minimum atomic E-state index is -0.582. The SMILES string of the molecule is CNC(=S)NCC1CN(c2ccc(-c3nc(-c4ccccc4)no3)c(F)c2)C(=O)O1. The number of rotatable bonds is 5. The van der Waals surface area contributed by atoms with Crippen molar-refractivity contribution in [3.63, 3.8) is 0 Å². The second-order valence-electron chi connectivity index (χ2n) is 6.53. The van der Waals surface area contributed by atoms with E-state index in [1.165, 1.54) is 17.0 Å². The highest BCUT2D eigenvalue weighted by Crippen LogP contribution is 2.29. The number of carbonyl (C=O) groups is 1. The highest BCUT2D eigenvalue weighted by atomic mass is 32.1. The summed E-state index contributed by atoms with van der Waals surface area (Å²) in [5, 5.41) is 10.1. The Balaban J connectivity index is 1.49. The van der Waals surface area contributed by atoms with Crippen LogP contribution in [0.2, 0.25) is 0 Å². The number of cyclic esters (lactones) is 1. The average molecular weight is 427 g/mol. The minimum Gasteiger partial charge on any atom is -0.442 e. The first kappa shape index (κ1) is 19.8. The molecule has 0 spiro atoms. The summed E-state index contributed by atoms with van der Waals surface area (Å²) in [6.45, 7) is 0.627. The lowest BCUT2D eigenvalue weighted by atomic mass is 10.1. The third-order valence-corrected chi connectivity index (χ3v) is 4.89. The topological polar surface area (TPSA) is 92.5 Å². The summed E-state index contributed by atoms with van der Waals surface area (Å²) < 4.78 is 25.3. The molecule has 30 heavy (non-hydrogen) atoms. The largest absolute Gasteiger partial charge is 0.442 e. The average Bonchev–Trinajstić information content (AvgIpc) is 3.39. The molecule has 2 N–H and O–H groups in total. The molecule has 0 aliphatic carbocycles. The van der Waals surface area contributed by atoms with Gasteiger partial charge in [-0.25, -0.2) is 9.18 Å². The Morgan fingerprint density at radius 1 is 1.30 bits per heavy atom. The first-order valence-corrected chi connectivity index (χ1v) is 9.59. The lowest BCUT2D eigenvalue weighted by molar-refractivity contribution is 0.143. The van der Waals surface area contributed by atoms with E-state index in [1.807, 2.05) is 30.3 Å². The fourth-order valence-electron chi connectivity index (χ4n) is 3.02. The van der Waals surface area contributed by atoms with Gasteiger partial charge in [-0.3, -0.25) is 4.90 Å². The molecule has 1 saturated heterocycles. The Hall–Kier alpha value is -3.53. The molecule has 0 radical (unpaired) electrons. The number of benzene rings is 2. The number of aromatic nitrogens is 2. The van der Waals surface area contributed by atoms with Gasteiger partial charge in [0.15, 0.2) is 5.11 Å². The molecule has 1 fully saturated rings. The van der Waals surface area contributed by atoms with Crippen molar-refractivity contribution in [2.24, 2.45) is 0 Å². The van der Waals surface area contributed by atoms with E-state index in [4.69, 9.17) is 21.5 Å². The van der Waals surface area contributed by atoms with E-state index < -0.39 is 18.0 Å². The number of nitrogens with zero attached hydrogens (tertiary/aromatic N) is 3. The lowest BCUT2D eigenvalue weighted by Crippen LogP contribution is -2.39. The van der Waals surface area contributed by atoms with E-state index in [9.17, 15) is 9.18 Å². The highest BCUT2D eigenvalue weighted by molar-refractivity contribution is 7.80. The molecular formula is C20H18FN5O3S. The maximum atomic E-state index is 14.8. The molecular weight excluding hydrogens is 409 g/mol. The minimum absolute atomic E-state index is 0.0598. The van der Waals surface area contributed by atoms with E-state index in [0.29, 0.717) is 23.2 Å². The van der Waals surface area contributed by atoms with Gasteiger partial charge in [0.1, 0.15) is 11.9 Å². The lowest BCUT2D eigenvalue weighted by Gasteiger charge is -2.14. The molecule has 154 valence electrons. The number of anilines is 1. The van der Waals surface area contributed by atoms with Gasteiger partial charge in [0.2, 0.25) is 5.82 Å². The summed E-state index contributed by atoms with van der Waals surface area (Å²) >= 11 is 5.01. The third-order valence-electron chi connectivity index (χ3n) is 4.54. The first-order valence-electron chi connectivity index (χ1n) is 9.18. The van der Waals surface area contributed by atoms with Crippen molar-refractivity contribution in [2.75, 3.05) is 25.0 Å². The van der Waals surface area contributed by atoms with Crippen molar-refractivity contribution in [2.45, 2.75) is 6.10 Å². The maximum Gasteiger partial charge on any atom is 0.414 e. The summed E-state index contributed by atoms with van der Waals surface area (Å²) in [6, 6.07) is 13.6. The summed E-state index contributed by atoms with van der Waals surface area (Å²) in [5.41, 5.74) is 1.29. The number of ether oxygens (including phenoxy) is 1. The van der Waals surface area contributed by atoms with Crippen LogP contribution in [-0.4, -0.2) is 47.6 Å². The summed E-state index contributed by atoms with van der Waals surface area (Å²) in [5.74, 6) is -0.155. The van der Waals surface area contributed by atoms with Gasteiger partial charge in [0, 0.05) is 12.6 Å². The molecule has 1 atom stereocenters. The number of halogens is 1. The monoisotopic (exact) mass is 427 g/mol. The predicted octanol–water partition coefficient (Wildman–Crippen LogP) is 2.96. The van der Waals surface area contributed by atoms with Crippen LogP contribution in [0.25, 0.3) is 22.8 Å². The molecule has 0 bridgehead atoms. The maximum absolute atomic E-state index is 14.8. The molecule has 1 unspecified atom stereocenters. The Morgan fingerprint density at radius 2 is 2.10 bits per heavy atom. The molecule has 1 amide bonds. The smallest absolute Gasteiger partial charge is 0.414 e. The quantitative estimate of drug-likeness (QED) is 0.601. The molecule has 0 saturated carbocycles. The van der Waals surface area contributed by atoms with Crippen LogP contribution in [0.15, 0.2) is 53.1 Å².